The molecule has 90 valence electrons. The number of amides is 3. The average Bonchev–Trinajstić information content (AvgIpc) is 2.53. The van der Waals surface area contributed by atoms with Crippen LogP contribution in [0.1, 0.15) is 18.1 Å². The van der Waals surface area contributed by atoms with Gasteiger partial charge in [-0.05, 0) is 43.0 Å². The van der Waals surface area contributed by atoms with Gasteiger partial charge in [-0.25, -0.2) is 4.79 Å². The van der Waals surface area contributed by atoms with Crippen molar-refractivity contribution in [2.45, 2.75) is 25.3 Å². The summed E-state index contributed by atoms with van der Waals surface area (Å²) >= 11 is 0. The first-order valence-electron chi connectivity index (χ1n) is 5.42. The SMILES string of the molecule is CC1(NC(=O)NC=O)Cc2ccc(N)cc2C1. The molecule has 4 N–H and O–H groups in total. The van der Waals surface area contributed by atoms with Crippen LogP contribution in [0.4, 0.5) is 10.5 Å². The Kier molecular flexibility index (Phi) is 2.75. The lowest BCUT2D eigenvalue weighted by atomic mass is 9.99. The number of nitrogens with two attached hydrogens (primary N) is 1. The molecule has 0 spiro atoms. The van der Waals surface area contributed by atoms with Crippen LogP contribution in [0, 0.1) is 0 Å². The molecule has 0 aromatic heterocycles. The lowest BCUT2D eigenvalue weighted by molar-refractivity contribution is -0.108. The number of imide groups is 1. The van der Waals surface area contributed by atoms with Gasteiger partial charge in [0.05, 0.1) is 0 Å². The van der Waals surface area contributed by atoms with E-state index in [9.17, 15) is 9.59 Å². The molecule has 17 heavy (non-hydrogen) atoms. The van der Waals surface area contributed by atoms with E-state index < -0.39 is 6.03 Å². The summed E-state index contributed by atoms with van der Waals surface area (Å²) in [6.07, 6.45) is 1.84. The van der Waals surface area contributed by atoms with Crippen molar-refractivity contribution < 1.29 is 9.59 Å². The topological polar surface area (TPSA) is 84.2 Å². The highest BCUT2D eigenvalue weighted by molar-refractivity contribution is 5.85. The van der Waals surface area contributed by atoms with Crippen LogP contribution in [0.3, 0.4) is 0 Å². The summed E-state index contributed by atoms with van der Waals surface area (Å²) in [7, 11) is 0. The molecule has 0 fully saturated rings. The standard InChI is InChI=1S/C12H15N3O2/c1-12(15-11(17)14-7-16)5-8-2-3-10(13)4-9(8)6-12/h2-4,7H,5-6,13H2,1H3,(H2,14,15,16,17). The highest BCUT2D eigenvalue weighted by atomic mass is 16.2. The van der Waals surface area contributed by atoms with Gasteiger partial charge < -0.3 is 11.1 Å². The predicted octanol–water partition coefficient (Wildman–Crippen LogP) is 0.582. The zero-order valence-corrected chi connectivity index (χ0v) is 9.62. The van der Waals surface area contributed by atoms with Gasteiger partial charge in [0.25, 0.3) is 0 Å². The van der Waals surface area contributed by atoms with Crippen molar-refractivity contribution in [1.82, 2.24) is 10.6 Å². The van der Waals surface area contributed by atoms with Crippen LogP contribution in [0.5, 0.6) is 0 Å². The van der Waals surface area contributed by atoms with Crippen molar-refractivity contribution in [2.24, 2.45) is 0 Å². The molecule has 1 aliphatic carbocycles. The fourth-order valence-corrected chi connectivity index (χ4v) is 2.34. The Balaban J connectivity index is 2.12. The molecule has 2 rings (SSSR count). The first kappa shape index (κ1) is 11.4. The number of benzene rings is 1. The number of nitrogens with one attached hydrogen (secondary N) is 2. The molecule has 0 saturated carbocycles. The predicted molar refractivity (Wildman–Crippen MR) is 64.4 cm³/mol. The summed E-state index contributed by atoms with van der Waals surface area (Å²) in [5.74, 6) is 0. The van der Waals surface area contributed by atoms with E-state index in [1.807, 2.05) is 25.1 Å². The molecule has 0 bridgehead atoms. The van der Waals surface area contributed by atoms with E-state index in [-0.39, 0.29) is 5.54 Å². The second-order valence-corrected chi connectivity index (χ2v) is 4.66. The van der Waals surface area contributed by atoms with Gasteiger partial charge in [0.1, 0.15) is 0 Å². The number of rotatable bonds is 2. The smallest absolute Gasteiger partial charge is 0.321 e. The van der Waals surface area contributed by atoms with Crippen LogP contribution in [0.15, 0.2) is 18.2 Å². The van der Waals surface area contributed by atoms with Gasteiger partial charge in [0, 0.05) is 11.2 Å². The summed E-state index contributed by atoms with van der Waals surface area (Å²) in [5.41, 5.74) is 8.43. The number of anilines is 1. The third kappa shape index (κ3) is 2.38. The van der Waals surface area contributed by atoms with Crippen molar-refractivity contribution in [3.63, 3.8) is 0 Å². The minimum Gasteiger partial charge on any atom is -0.399 e. The molecule has 1 aromatic carbocycles. The Morgan fingerprint density at radius 1 is 1.41 bits per heavy atom. The Morgan fingerprint density at radius 2 is 2.12 bits per heavy atom. The molecule has 0 aliphatic heterocycles. The molecule has 0 saturated heterocycles. The molecule has 5 nitrogen and oxygen atoms in total. The maximum Gasteiger partial charge on any atom is 0.321 e. The van der Waals surface area contributed by atoms with E-state index >= 15 is 0 Å². The number of hydrogen-bond donors (Lipinski definition) is 3. The highest BCUT2D eigenvalue weighted by Crippen LogP contribution is 2.31. The highest BCUT2D eigenvalue weighted by Gasteiger charge is 2.34. The van der Waals surface area contributed by atoms with Crippen molar-refractivity contribution in [1.29, 1.82) is 0 Å². The fraction of sp³-hybridized carbons (Fsp3) is 0.333. The number of hydrogen-bond acceptors (Lipinski definition) is 3. The van der Waals surface area contributed by atoms with E-state index in [4.69, 9.17) is 5.73 Å². The summed E-state index contributed by atoms with van der Waals surface area (Å²) < 4.78 is 0. The van der Waals surface area contributed by atoms with Gasteiger partial charge in [0.2, 0.25) is 6.41 Å². The Hall–Kier alpha value is -2.04. The van der Waals surface area contributed by atoms with Crippen molar-refractivity contribution in [2.75, 3.05) is 5.73 Å². The lowest BCUT2D eigenvalue weighted by Gasteiger charge is -2.24. The van der Waals surface area contributed by atoms with Crippen molar-refractivity contribution >= 4 is 18.1 Å². The third-order valence-electron chi connectivity index (χ3n) is 3.00. The fourth-order valence-electron chi connectivity index (χ4n) is 2.34. The zero-order valence-electron chi connectivity index (χ0n) is 9.62. The summed E-state index contributed by atoms with van der Waals surface area (Å²) in [4.78, 5) is 21.5. The van der Waals surface area contributed by atoms with Gasteiger partial charge in [-0.1, -0.05) is 6.07 Å². The van der Waals surface area contributed by atoms with Gasteiger partial charge in [-0.15, -0.1) is 0 Å². The monoisotopic (exact) mass is 233 g/mol. The molecule has 5 heteroatoms. The molecular weight excluding hydrogens is 218 g/mol. The first-order valence-corrected chi connectivity index (χ1v) is 5.42. The molecular formula is C12H15N3O2. The number of carbonyl (C=O) groups excluding carboxylic acids is 2. The van der Waals surface area contributed by atoms with Gasteiger partial charge >= 0.3 is 6.03 Å². The van der Waals surface area contributed by atoms with Crippen molar-refractivity contribution in [3.8, 4) is 0 Å². The van der Waals surface area contributed by atoms with E-state index in [2.05, 4.69) is 10.6 Å². The summed E-state index contributed by atoms with van der Waals surface area (Å²) in [5, 5.41) is 4.88. The van der Waals surface area contributed by atoms with Crippen LogP contribution in [-0.4, -0.2) is 18.0 Å². The van der Waals surface area contributed by atoms with Crippen LogP contribution in [-0.2, 0) is 17.6 Å². The quantitative estimate of drug-likeness (QED) is 0.516. The second kappa shape index (κ2) is 4.08. The van der Waals surface area contributed by atoms with Gasteiger partial charge in [0.15, 0.2) is 0 Å². The van der Waals surface area contributed by atoms with E-state index in [1.54, 1.807) is 0 Å². The minimum absolute atomic E-state index is 0.358. The van der Waals surface area contributed by atoms with Gasteiger partial charge in [-0.3, -0.25) is 10.1 Å². The van der Waals surface area contributed by atoms with Crippen LogP contribution >= 0.6 is 0 Å². The van der Waals surface area contributed by atoms with E-state index in [0.29, 0.717) is 6.41 Å². The number of nitrogen functional groups attached to an aromatic ring is 1. The maximum atomic E-state index is 11.3. The van der Waals surface area contributed by atoms with Crippen molar-refractivity contribution in [3.05, 3.63) is 29.3 Å². The molecule has 0 radical (unpaired) electrons. The third-order valence-corrected chi connectivity index (χ3v) is 3.00. The molecule has 3 amide bonds. The average molecular weight is 233 g/mol. The van der Waals surface area contributed by atoms with E-state index in [1.165, 1.54) is 5.56 Å². The molecule has 0 heterocycles. The van der Waals surface area contributed by atoms with E-state index in [0.717, 1.165) is 24.1 Å². The summed E-state index contributed by atoms with van der Waals surface area (Å²) in [6, 6.07) is 5.30. The lowest BCUT2D eigenvalue weighted by Crippen LogP contribution is -2.50. The largest absolute Gasteiger partial charge is 0.399 e. The number of fused-ring (bicyclic) bond motifs is 1. The van der Waals surface area contributed by atoms with Crippen LogP contribution < -0.4 is 16.4 Å². The number of carbonyl (C=O) groups is 2. The number of urea groups is 1. The maximum absolute atomic E-state index is 11.3. The summed E-state index contributed by atoms with van der Waals surface area (Å²) in [6.45, 7) is 1.95. The molecule has 1 aromatic rings. The zero-order chi connectivity index (χ0) is 12.5. The van der Waals surface area contributed by atoms with Crippen LogP contribution in [0.2, 0.25) is 0 Å². The first-order chi connectivity index (χ1) is 8.02. The molecule has 1 unspecified atom stereocenters. The Labute approximate surface area is 99.4 Å². The normalized spacial score (nSPS) is 21.7. The Morgan fingerprint density at radius 3 is 2.82 bits per heavy atom. The molecule has 1 aliphatic rings. The second-order valence-electron chi connectivity index (χ2n) is 4.66. The molecule has 1 atom stereocenters. The minimum atomic E-state index is -0.469. The van der Waals surface area contributed by atoms with Gasteiger partial charge in [-0.2, -0.15) is 0 Å². The Bertz CT molecular complexity index is 473. The van der Waals surface area contributed by atoms with Crippen LogP contribution in [0.25, 0.3) is 0 Å².